The predicted octanol–water partition coefficient (Wildman–Crippen LogP) is -2.17. The van der Waals surface area contributed by atoms with Crippen LogP contribution in [0.15, 0.2) is 25.3 Å². The maximum atomic E-state index is 3.69. The quantitative estimate of drug-likeness (QED) is 0.510. The molecule has 0 radical (unpaired) electrons. The molecular formula is C10H18ClN3. The average Bonchev–Trinajstić information content (AvgIpc) is 2.52. The first-order valence-corrected chi connectivity index (χ1v) is 4.56. The number of aromatic nitrogens is 2. The standard InChI is InChI=1S/C10H18N3.ClH/c1-4-12-8-9-13(10-12)7-5-6-11(2)3;/h4,8-10H,1,5-7H2,2-3H3;1H/q+1;/p-1. The Balaban J connectivity index is 0.00000169. The lowest BCUT2D eigenvalue weighted by Gasteiger charge is -2.06. The molecule has 1 aromatic rings. The number of halogens is 1. The minimum absolute atomic E-state index is 0. The lowest BCUT2D eigenvalue weighted by molar-refractivity contribution is -0.696. The third-order valence-corrected chi connectivity index (χ3v) is 1.94. The summed E-state index contributed by atoms with van der Waals surface area (Å²) in [6.45, 7) is 5.89. The molecule has 1 aromatic heterocycles. The van der Waals surface area contributed by atoms with E-state index in [-0.39, 0.29) is 12.4 Å². The zero-order valence-corrected chi connectivity index (χ0v) is 9.61. The van der Waals surface area contributed by atoms with Gasteiger partial charge in [-0.2, -0.15) is 0 Å². The summed E-state index contributed by atoms with van der Waals surface area (Å²) in [5, 5.41) is 0. The minimum Gasteiger partial charge on any atom is -1.00 e. The highest BCUT2D eigenvalue weighted by Crippen LogP contribution is 1.86. The van der Waals surface area contributed by atoms with Gasteiger partial charge in [-0.1, -0.05) is 6.58 Å². The van der Waals surface area contributed by atoms with Crippen molar-refractivity contribution in [3.05, 3.63) is 25.3 Å². The third kappa shape index (κ3) is 4.44. The van der Waals surface area contributed by atoms with Crippen molar-refractivity contribution in [1.29, 1.82) is 0 Å². The van der Waals surface area contributed by atoms with Crippen molar-refractivity contribution in [2.45, 2.75) is 13.0 Å². The number of nitrogens with zero attached hydrogens (tertiary/aromatic N) is 3. The van der Waals surface area contributed by atoms with Gasteiger partial charge in [0.2, 0.25) is 6.33 Å². The Hall–Kier alpha value is -0.800. The molecule has 0 saturated carbocycles. The molecule has 0 amide bonds. The highest BCUT2D eigenvalue weighted by molar-refractivity contribution is 5.12. The van der Waals surface area contributed by atoms with Crippen molar-refractivity contribution in [2.75, 3.05) is 20.6 Å². The topological polar surface area (TPSA) is 12.0 Å². The van der Waals surface area contributed by atoms with E-state index in [0.717, 1.165) is 13.1 Å². The average molecular weight is 216 g/mol. The zero-order valence-electron chi connectivity index (χ0n) is 8.86. The Morgan fingerprint density at radius 3 is 2.71 bits per heavy atom. The van der Waals surface area contributed by atoms with Crippen molar-refractivity contribution in [3.8, 4) is 0 Å². The highest BCUT2D eigenvalue weighted by Gasteiger charge is 2.00. The van der Waals surface area contributed by atoms with E-state index in [4.69, 9.17) is 0 Å². The summed E-state index contributed by atoms with van der Waals surface area (Å²) in [7, 11) is 4.19. The summed E-state index contributed by atoms with van der Waals surface area (Å²) in [4.78, 5) is 2.20. The molecule has 0 atom stereocenters. The lowest BCUT2D eigenvalue weighted by Crippen LogP contribution is -3.00. The van der Waals surface area contributed by atoms with E-state index in [1.807, 2.05) is 17.1 Å². The summed E-state index contributed by atoms with van der Waals surface area (Å²) in [5.74, 6) is 0. The first-order chi connectivity index (χ1) is 6.22. The normalized spacial score (nSPS) is 9.93. The SMILES string of the molecule is C=Cn1cc[n+](CCCN(C)C)c1.[Cl-]. The van der Waals surface area contributed by atoms with Gasteiger partial charge in [-0.15, -0.1) is 0 Å². The second-order valence-electron chi connectivity index (χ2n) is 3.44. The van der Waals surface area contributed by atoms with Gasteiger partial charge in [0.05, 0.1) is 12.7 Å². The van der Waals surface area contributed by atoms with Gasteiger partial charge in [-0.25, -0.2) is 9.13 Å². The fourth-order valence-corrected chi connectivity index (χ4v) is 1.22. The second kappa shape index (κ2) is 6.62. The van der Waals surface area contributed by atoms with E-state index in [9.17, 15) is 0 Å². The van der Waals surface area contributed by atoms with Crippen LogP contribution in [0.1, 0.15) is 6.42 Å². The van der Waals surface area contributed by atoms with E-state index >= 15 is 0 Å². The number of rotatable bonds is 5. The van der Waals surface area contributed by atoms with Gasteiger partial charge < -0.3 is 17.3 Å². The molecule has 80 valence electrons. The van der Waals surface area contributed by atoms with Crippen LogP contribution in [0.4, 0.5) is 0 Å². The molecule has 0 aliphatic carbocycles. The summed E-state index contributed by atoms with van der Waals surface area (Å²) >= 11 is 0. The number of hydrogen-bond donors (Lipinski definition) is 0. The molecule has 0 spiro atoms. The minimum atomic E-state index is 0. The van der Waals surface area contributed by atoms with Crippen LogP contribution < -0.4 is 17.0 Å². The van der Waals surface area contributed by atoms with Gasteiger partial charge in [0, 0.05) is 6.54 Å². The molecule has 14 heavy (non-hydrogen) atoms. The molecule has 1 rings (SSSR count). The Morgan fingerprint density at radius 1 is 1.50 bits per heavy atom. The van der Waals surface area contributed by atoms with Crippen molar-refractivity contribution >= 4 is 6.20 Å². The first kappa shape index (κ1) is 13.2. The van der Waals surface area contributed by atoms with Crippen molar-refractivity contribution in [2.24, 2.45) is 0 Å². The highest BCUT2D eigenvalue weighted by atomic mass is 35.5. The van der Waals surface area contributed by atoms with Gasteiger partial charge in [0.1, 0.15) is 12.4 Å². The molecule has 0 aromatic carbocycles. The van der Waals surface area contributed by atoms with Crippen LogP contribution in [0.2, 0.25) is 0 Å². The summed E-state index contributed by atoms with van der Waals surface area (Å²) in [5.41, 5.74) is 0. The van der Waals surface area contributed by atoms with Crippen LogP contribution in [-0.2, 0) is 6.54 Å². The Labute approximate surface area is 92.1 Å². The fraction of sp³-hybridized carbons (Fsp3) is 0.500. The van der Waals surface area contributed by atoms with Crippen LogP contribution in [0.25, 0.3) is 6.20 Å². The third-order valence-electron chi connectivity index (χ3n) is 1.94. The maximum absolute atomic E-state index is 3.69. The van der Waals surface area contributed by atoms with Crippen molar-refractivity contribution in [3.63, 3.8) is 0 Å². The van der Waals surface area contributed by atoms with E-state index in [1.165, 1.54) is 6.42 Å². The molecule has 0 aliphatic rings. The summed E-state index contributed by atoms with van der Waals surface area (Å²) in [6.07, 6.45) is 9.09. The smallest absolute Gasteiger partial charge is 0.248 e. The summed E-state index contributed by atoms with van der Waals surface area (Å²) in [6, 6.07) is 0. The Morgan fingerprint density at radius 2 is 2.21 bits per heavy atom. The molecule has 0 saturated heterocycles. The first-order valence-electron chi connectivity index (χ1n) is 4.56. The molecule has 0 fully saturated rings. The molecule has 0 bridgehead atoms. The molecule has 0 aliphatic heterocycles. The largest absolute Gasteiger partial charge is 1.00 e. The molecule has 0 unspecified atom stereocenters. The maximum Gasteiger partial charge on any atom is 0.248 e. The fourth-order valence-electron chi connectivity index (χ4n) is 1.22. The van der Waals surface area contributed by atoms with Gasteiger partial charge in [0.15, 0.2) is 0 Å². The van der Waals surface area contributed by atoms with Crippen LogP contribution in [0.5, 0.6) is 0 Å². The van der Waals surface area contributed by atoms with Crippen molar-refractivity contribution < 1.29 is 17.0 Å². The van der Waals surface area contributed by atoms with Crippen LogP contribution in [0, 0.1) is 0 Å². The predicted molar refractivity (Wildman–Crippen MR) is 54.2 cm³/mol. The summed E-state index contributed by atoms with van der Waals surface area (Å²) < 4.78 is 4.13. The van der Waals surface area contributed by atoms with E-state index < -0.39 is 0 Å². The number of imidazole rings is 1. The molecule has 0 N–H and O–H groups in total. The lowest BCUT2D eigenvalue weighted by atomic mass is 10.4. The van der Waals surface area contributed by atoms with Crippen molar-refractivity contribution in [1.82, 2.24) is 9.47 Å². The zero-order chi connectivity index (χ0) is 9.68. The monoisotopic (exact) mass is 215 g/mol. The van der Waals surface area contributed by atoms with Crippen LogP contribution in [0.3, 0.4) is 0 Å². The Kier molecular flexibility index (Phi) is 6.25. The van der Waals surface area contributed by atoms with Crippen LogP contribution >= 0.6 is 0 Å². The van der Waals surface area contributed by atoms with Crippen LogP contribution in [-0.4, -0.2) is 30.1 Å². The second-order valence-corrected chi connectivity index (χ2v) is 3.44. The molecular weight excluding hydrogens is 198 g/mol. The molecule has 3 nitrogen and oxygen atoms in total. The van der Waals surface area contributed by atoms with Gasteiger partial charge in [-0.05, 0) is 20.5 Å². The van der Waals surface area contributed by atoms with Gasteiger partial charge in [-0.3, -0.25) is 0 Å². The van der Waals surface area contributed by atoms with Gasteiger partial charge in [0.25, 0.3) is 0 Å². The number of aryl methyl sites for hydroxylation is 1. The Bertz CT molecular complexity index is 268. The van der Waals surface area contributed by atoms with E-state index in [2.05, 4.69) is 36.3 Å². The molecule has 4 heteroatoms. The van der Waals surface area contributed by atoms with E-state index in [1.54, 1.807) is 6.20 Å². The van der Waals surface area contributed by atoms with E-state index in [0.29, 0.717) is 0 Å². The van der Waals surface area contributed by atoms with Gasteiger partial charge >= 0.3 is 0 Å². The molecule has 1 heterocycles. The number of hydrogen-bond acceptors (Lipinski definition) is 1.